The molecule has 0 fully saturated rings. The molecule has 2 aromatic rings. The van der Waals surface area contributed by atoms with Gasteiger partial charge in [-0.2, -0.15) is 0 Å². The van der Waals surface area contributed by atoms with E-state index in [1.54, 1.807) is 13.8 Å². The molecule has 2 aromatic carbocycles. The van der Waals surface area contributed by atoms with Crippen molar-refractivity contribution in [2.75, 3.05) is 27.3 Å². The lowest BCUT2D eigenvalue weighted by Crippen LogP contribution is -2.37. The summed E-state index contributed by atoms with van der Waals surface area (Å²) in [4.78, 5) is 39.6. The molecule has 1 aliphatic rings. The van der Waals surface area contributed by atoms with Crippen LogP contribution in [0.15, 0.2) is 71.1 Å². The topological polar surface area (TPSA) is 111 Å². The molecule has 0 saturated heterocycles. The Morgan fingerprint density at radius 1 is 1.08 bits per heavy atom. The van der Waals surface area contributed by atoms with Crippen molar-refractivity contribution in [2.45, 2.75) is 40.2 Å². The molecule has 0 radical (unpaired) electrons. The number of hydrogen-bond acceptors (Lipinski definition) is 8. The first-order valence-corrected chi connectivity index (χ1v) is 12.8. The summed E-state index contributed by atoms with van der Waals surface area (Å²) in [6.45, 7) is 8.85. The summed E-state index contributed by atoms with van der Waals surface area (Å²) in [6.07, 6.45) is 0. The van der Waals surface area contributed by atoms with E-state index in [9.17, 15) is 19.7 Å². The van der Waals surface area contributed by atoms with Crippen LogP contribution in [0.5, 0.6) is 0 Å². The molecular weight excluding hydrogens is 522 g/mol. The van der Waals surface area contributed by atoms with E-state index in [4.69, 9.17) is 21.1 Å². The third-order valence-corrected chi connectivity index (χ3v) is 6.82. The molecule has 0 aromatic heterocycles. The molecule has 0 spiro atoms. The molecule has 1 unspecified atom stereocenters. The van der Waals surface area contributed by atoms with E-state index in [-0.39, 0.29) is 34.0 Å². The lowest BCUT2D eigenvalue weighted by atomic mass is 9.80. The van der Waals surface area contributed by atoms with Crippen molar-refractivity contribution < 1.29 is 24.0 Å². The Labute approximate surface area is 233 Å². The van der Waals surface area contributed by atoms with Crippen molar-refractivity contribution in [3.05, 3.63) is 97.3 Å². The predicted molar refractivity (Wildman–Crippen MR) is 149 cm³/mol. The normalized spacial score (nSPS) is 15.7. The number of nitrogens with zero attached hydrogens (tertiary/aromatic N) is 2. The number of methoxy groups -OCH3 is 1. The van der Waals surface area contributed by atoms with Gasteiger partial charge < -0.3 is 19.7 Å². The fourth-order valence-corrected chi connectivity index (χ4v) is 5.11. The van der Waals surface area contributed by atoms with Crippen molar-refractivity contribution >= 4 is 29.2 Å². The zero-order chi connectivity index (χ0) is 28.9. The number of hydrogen-bond donors (Lipinski definition) is 1. The van der Waals surface area contributed by atoms with Crippen LogP contribution in [-0.2, 0) is 25.6 Å². The van der Waals surface area contributed by atoms with Gasteiger partial charge in [-0.05, 0) is 38.1 Å². The highest BCUT2D eigenvalue weighted by atomic mass is 35.5. The standard InChI is InChI=1S/C29H34ClN3O6/c1-18-24(27(34)38-6)26(22-14-21(33(36)37)12-13-23(22)30)25(19(2)31-18)28(35)39-17-29(3,4)16-32(5)15-20-10-8-7-9-11-20/h7-14,26,31H,15-17H2,1-6H3. The van der Waals surface area contributed by atoms with Crippen molar-refractivity contribution in [1.82, 2.24) is 10.2 Å². The molecule has 0 bridgehead atoms. The molecular formula is C29H34ClN3O6. The summed E-state index contributed by atoms with van der Waals surface area (Å²) in [5, 5.41) is 14.7. The van der Waals surface area contributed by atoms with Crippen molar-refractivity contribution in [1.29, 1.82) is 0 Å². The summed E-state index contributed by atoms with van der Waals surface area (Å²) in [6, 6.07) is 14.0. The molecule has 0 amide bonds. The number of nitro benzene ring substituents is 1. The Morgan fingerprint density at radius 2 is 1.69 bits per heavy atom. The van der Waals surface area contributed by atoms with Crippen LogP contribution in [0.4, 0.5) is 5.69 Å². The van der Waals surface area contributed by atoms with Crippen LogP contribution in [0.1, 0.15) is 44.7 Å². The first-order chi connectivity index (χ1) is 18.3. The lowest BCUT2D eigenvalue weighted by molar-refractivity contribution is -0.384. The quantitative estimate of drug-likeness (QED) is 0.237. The number of benzene rings is 2. The third-order valence-electron chi connectivity index (χ3n) is 6.47. The van der Waals surface area contributed by atoms with Gasteiger partial charge in [0.2, 0.25) is 0 Å². The van der Waals surface area contributed by atoms with Gasteiger partial charge in [0.25, 0.3) is 5.69 Å². The van der Waals surface area contributed by atoms with Gasteiger partial charge in [0.05, 0.1) is 35.7 Å². The zero-order valence-electron chi connectivity index (χ0n) is 23.0. The number of nitrogens with one attached hydrogen (secondary N) is 1. The summed E-state index contributed by atoms with van der Waals surface area (Å²) in [5.41, 5.74) is 1.96. The van der Waals surface area contributed by atoms with Crippen LogP contribution in [0, 0.1) is 15.5 Å². The highest BCUT2D eigenvalue weighted by Crippen LogP contribution is 2.43. The van der Waals surface area contributed by atoms with Crippen LogP contribution in [0.25, 0.3) is 0 Å². The molecule has 0 saturated carbocycles. The van der Waals surface area contributed by atoms with E-state index in [1.807, 2.05) is 39.1 Å². The first kappa shape index (κ1) is 29.9. The van der Waals surface area contributed by atoms with E-state index in [1.165, 1.54) is 30.9 Å². The summed E-state index contributed by atoms with van der Waals surface area (Å²) < 4.78 is 10.8. The minimum absolute atomic E-state index is 0.105. The third kappa shape index (κ3) is 7.25. The Hall–Kier alpha value is -3.69. The smallest absolute Gasteiger partial charge is 0.336 e. The van der Waals surface area contributed by atoms with Crippen LogP contribution in [0.2, 0.25) is 5.02 Å². The zero-order valence-corrected chi connectivity index (χ0v) is 23.8. The maximum Gasteiger partial charge on any atom is 0.336 e. The van der Waals surface area contributed by atoms with E-state index in [0.29, 0.717) is 17.9 Å². The number of allylic oxidation sites excluding steroid dienone is 2. The van der Waals surface area contributed by atoms with E-state index in [0.717, 1.165) is 6.54 Å². The number of non-ortho nitro benzene ring substituents is 1. The summed E-state index contributed by atoms with van der Waals surface area (Å²) in [5.74, 6) is -2.36. The minimum Gasteiger partial charge on any atom is -0.466 e. The Bertz CT molecular complexity index is 1320. The fraction of sp³-hybridized carbons (Fsp3) is 0.379. The molecule has 9 nitrogen and oxygen atoms in total. The molecule has 1 atom stereocenters. The molecule has 39 heavy (non-hydrogen) atoms. The Balaban J connectivity index is 1.89. The molecule has 1 N–H and O–H groups in total. The Kier molecular flexibility index (Phi) is 9.53. The van der Waals surface area contributed by atoms with Gasteiger partial charge in [-0.1, -0.05) is 55.8 Å². The van der Waals surface area contributed by atoms with Crippen LogP contribution < -0.4 is 5.32 Å². The van der Waals surface area contributed by atoms with Gasteiger partial charge in [0.1, 0.15) is 0 Å². The average Bonchev–Trinajstić information content (AvgIpc) is 2.87. The van der Waals surface area contributed by atoms with Crippen molar-refractivity contribution in [3.8, 4) is 0 Å². The Morgan fingerprint density at radius 3 is 2.28 bits per heavy atom. The van der Waals surface area contributed by atoms with Crippen molar-refractivity contribution in [3.63, 3.8) is 0 Å². The number of ether oxygens (including phenoxy) is 2. The van der Waals surface area contributed by atoms with E-state index < -0.39 is 28.2 Å². The van der Waals surface area contributed by atoms with E-state index in [2.05, 4.69) is 22.3 Å². The highest BCUT2D eigenvalue weighted by Gasteiger charge is 2.40. The molecule has 208 valence electrons. The van der Waals surface area contributed by atoms with E-state index >= 15 is 0 Å². The van der Waals surface area contributed by atoms with Crippen LogP contribution in [-0.4, -0.2) is 49.1 Å². The molecule has 0 aliphatic carbocycles. The number of halogens is 1. The second-order valence-corrected chi connectivity index (χ2v) is 10.9. The monoisotopic (exact) mass is 555 g/mol. The van der Waals surface area contributed by atoms with Crippen LogP contribution >= 0.6 is 11.6 Å². The number of carbonyl (C=O) groups excluding carboxylic acids is 2. The SMILES string of the molecule is COC(=O)C1=C(C)NC(C)=C(C(=O)OCC(C)(C)CN(C)Cc2ccccc2)C1c1cc([N+](=O)[O-])ccc1Cl. The largest absolute Gasteiger partial charge is 0.466 e. The van der Waals surface area contributed by atoms with Gasteiger partial charge in [-0.3, -0.25) is 10.1 Å². The number of nitro groups is 1. The highest BCUT2D eigenvalue weighted by molar-refractivity contribution is 6.31. The molecule has 3 rings (SSSR count). The van der Waals surface area contributed by atoms with Gasteiger partial charge in [0, 0.05) is 47.1 Å². The van der Waals surface area contributed by atoms with Crippen molar-refractivity contribution in [2.24, 2.45) is 5.41 Å². The first-order valence-electron chi connectivity index (χ1n) is 12.4. The number of dihydropyridines is 1. The maximum atomic E-state index is 13.6. The molecule has 10 heteroatoms. The number of esters is 2. The summed E-state index contributed by atoms with van der Waals surface area (Å²) >= 11 is 6.49. The number of rotatable bonds is 10. The number of carbonyl (C=O) groups is 2. The minimum atomic E-state index is -1.03. The van der Waals surface area contributed by atoms with Gasteiger partial charge in [-0.25, -0.2) is 9.59 Å². The van der Waals surface area contributed by atoms with Crippen LogP contribution in [0.3, 0.4) is 0 Å². The van der Waals surface area contributed by atoms with Gasteiger partial charge >= 0.3 is 11.9 Å². The average molecular weight is 556 g/mol. The predicted octanol–water partition coefficient (Wildman–Crippen LogP) is 5.36. The molecule has 1 aliphatic heterocycles. The fourth-order valence-electron chi connectivity index (χ4n) is 4.89. The van der Waals surface area contributed by atoms with Gasteiger partial charge in [0.15, 0.2) is 0 Å². The van der Waals surface area contributed by atoms with Gasteiger partial charge in [-0.15, -0.1) is 0 Å². The second-order valence-electron chi connectivity index (χ2n) is 10.5. The summed E-state index contributed by atoms with van der Waals surface area (Å²) in [7, 11) is 3.23. The maximum absolute atomic E-state index is 13.6. The lowest BCUT2D eigenvalue weighted by Gasteiger charge is -2.33. The second kappa shape index (κ2) is 12.4. The molecule has 1 heterocycles.